The minimum Gasteiger partial charge on any atom is -0.377 e. The summed E-state index contributed by atoms with van der Waals surface area (Å²) in [6.07, 6.45) is 13.8. The fraction of sp³-hybridized carbons (Fsp3) is 0.295. The molecule has 0 saturated carbocycles. The Hall–Kier alpha value is -9.46. The number of rotatable bonds is 12. The van der Waals surface area contributed by atoms with Crippen LogP contribution in [-0.2, 0) is 69.4 Å². The van der Waals surface area contributed by atoms with Gasteiger partial charge in [-0.2, -0.15) is 10.2 Å². The van der Waals surface area contributed by atoms with E-state index in [9.17, 15) is 16.8 Å². The minimum atomic E-state index is -3.83. The number of H-pyrrole nitrogens is 1. The molecule has 16 rings (SSSR count). The van der Waals surface area contributed by atoms with Crippen LogP contribution in [0.25, 0.3) is 89.4 Å². The standard InChI is InChI=1S/C29H30N6O3S.C24H23ClN4O3S.C22H24N6O.C2H6.CH3.W/c1-19-5-7-23(8-6-19)39(36,37)35-12-10-25-24(9-11-30-29(25)35)26-15-22(28-20(2)17-31-33(28)4)16-27(32-26)34-13-14-38-18-21(34)3;1-16-3-5-19(6-4-16)33(30,31)29-10-8-21-20(7-9-26-24(21)29)22-13-18(25)14-23(27-22)28-11-12-32-15-17(28)2;1-14-12-25-27(3)21(14)16-10-19(17-4-6-23-22-18(17)5-7-24-22)26-20(11-16)28-8-9-29-13-15(28)2;1-2;;/h5-12,15-17,21H,13-14,18H2,1-4H3;3-10,13-14,17H,11-12,15H2,1-2H3;4-7,10-12,15H,8-9,13H2,1-3H3,(H,23,24);1-2H3;1H3;/q;;;;-1;/t21-;17-;15-;;;/m111.../s1. The summed E-state index contributed by atoms with van der Waals surface area (Å²) in [5.74, 6) is 2.58. The first kappa shape index (κ1) is 76.7. The molecule has 105 heavy (non-hydrogen) atoms. The number of aryl methyl sites for hydroxylation is 6. The Morgan fingerprint density at radius 2 is 0.867 bits per heavy atom. The third-order valence-corrected chi connectivity index (χ3v) is 22.3. The van der Waals surface area contributed by atoms with E-state index in [0.717, 1.165) is 121 Å². The predicted molar refractivity (Wildman–Crippen MR) is 412 cm³/mol. The van der Waals surface area contributed by atoms with Crippen molar-refractivity contribution >= 4 is 82.2 Å². The summed E-state index contributed by atoms with van der Waals surface area (Å²) in [5, 5.41) is 11.9. The number of pyridine rings is 6. The summed E-state index contributed by atoms with van der Waals surface area (Å²) in [7, 11) is -3.71. The molecular weight excluding hydrogens is 1560 g/mol. The van der Waals surface area contributed by atoms with Gasteiger partial charge in [0.15, 0.2) is 11.3 Å². The Bertz CT molecular complexity index is 5430. The fourth-order valence-corrected chi connectivity index (χ4v) is 16.3. The van der Waals surface area contributed by atoms with Crippen LogP contribution in [0.4, 0.5) is 17.5 Å². The van der Waals surface area contributed by atoms with Crippen molar-refractivity contribution in [1.82, 2.24) is 62.4 Å². The first-order valence-electron chi connectivity index (χ1n) is 34.4. The van der Waals surface area contributed by atoms with E-state index in [1.807, 2.05) is 113 Å². The molecule has 27 heteroatoms. The SMILES string of the molecule is CC.Cc1ccc(S(=O)(=O)n2ccc3c(-c4cc(-c5c(C)cnn5C)cc(N5CCOC[C@H]5C)n4)ccnc32)cc1.Cc1ccc(S(=O)(=O)n2ccc3c(-c4cc(Cl)cc(N5CCOC[C@H]5C)n4)ccnc32)cc1.Cc1cnn(C)c1-c1cc(-c2ccnc3[nH]ccc23)nc(N2CCOC[C@H]2C)c1.[CH3-].[W]. The average molecular weight is 1640 g/mol. The molecule has 3 aliphatic heterocycles. The van der Waals surface area contributed by atoms with Gasteiger partial charge in [0.1, 0.15) is 23.1 Å². The van der Waals surface area contributed by atoms with Crippen molar-refractivity contribution in [3.8, 4) is 56.3 Å². The molecule has 2 aromatic carbocycles. The first-order valence-corrected chi connectivity index (χ1v) is 37.7. The molecule has 3 aliphatic rings. The van der Waals surface area contributed by atoms with Crippen molar-refractivity contribution in [2.75, 3.05) is 74.0 Å². The van der Waals surface area contributed by atoms with Gasteiger partial charge in [0, 0.05) is 141 Å². The zero-order chi connectivity index (χ0) is 72.4. The number of halogens is 1. The zero-order valence-electron chi connectivity index (χ0n) is 60.9. The molecule has 13 aromatic rings. The van der Waals surface area contributed by atoms with E-state index in [2.05, 4.69) is 96.8 Å². The molecule has 3 saturated heterocycles. The Morgan fingerprint density at radius 3 is 1.26 bits per heavy atom. The monoisotopic (exact) mass is 1640 g/mol. The summed E-state index contributed by atoms with van der Waals surface area (Å²) >= 11 is 6.47. The van der Waals surface area contributed by atoms with Gasteiger partial charge in [-0.25, -0.2) is 54.7 Å². The van der Waals surface area contributed by atoms with Crippen LogP contribution in [0.3, 0.4) is 0 Å². The number of aromatic nitrogens is 13. The first-order chi connectivity index (χ1) is 49.7. The predicted octanol–water partition coefficient (Wildman–Crippen LogP) is 14.1. The molecule has 14 heterocycles. The van der Waals surface area contributed by atoms with Crippen LogP contribution in [0.15, 0.2) is 181 Å². The van der Waals surface area contributed by atoms with E-state index in [1.54, 1.807) is 85.3 Å². The van der Waals surface area contributed by atoms with Gasteiger partial charge in [-0.15, -0.1) is 0 Å². The van der Waals surface area contributed by atoms with Crippen LogP contribution in [-0.4, -0.2) is 157 Å². The summed E-state index contributed by atoms with van der Waals surface area (Å²) < 4.78 is 76.7. The molecule has 0 amide bonds. The van der Waals surface area contributed by atoms with Crippen LogP contribution < -0.4 is 14.7 Å². The Morgan fingerprint density at radius 1 is 0.486 bits per heavy atom. The number of benzene rings is 2. The maximum atomic E-state index is 13.5. The number of hydrogen-bond donors (Lipinski definition) is 1. The molecule has 0 bridgehead atoms. The second kappa shape index (κ2) is 32.5. The van der Waals surface area contributed by atoms with Crippen molar-refractivity contribution in [1.29, 1.82) is 0 Å². The van der Waals surface area contributed by atoms with Crippen LogP contribution in [0.2, 0.25) is 5.02 Å². The third kappa shape index (κ3) is 15.6. The normalized spacial score (nSPS) is 16.2. The molecule has 0 radical (unpaired) electrons. The van der Waals surface area contributed by atoms with Crippen molar-refractivity contribution in [3.63, 3.8) is 0 Å². The second-order valence-electron chi connectivity index (χ2n) is 25.8. The largest absolute Gasteiger partial charge is 0.377 e. The van der Waals surface area contributed by atoms with Crippen LogP contribution in [0, 0.1) is 35.1 Å². The number of anilines is 3. The number of ether oxygens (including phenoxy) is 3. The van der Waals surface area contributed by atoms with Crippen molar-refractivity contribution < 1.29 is 52.1 Å². The Labute approximate surface area is 632 Å². The van der Waals surface area contributed by atoms with E-state index < -0.39 is 20.0 Å². The topological polar surface area (TPSA) is 244 Å². The van der Waals surface area contributed by atoms with Gasteiger partial charge in [-0.05, 0) is 157 Å². The van der Waals surface area contributed by atoms with Crippen LogP contribution >= 0.6 is 11.6 Å². The fourth-order valence-electron chi connectivity index (χ4n) is 13.5. The summed E-state index contributed by atoms with van der Waals surface area (Å²) in [5.41, 5.74) is 14.9. The van der Waals surface area contributed by atoms with Gasteiger partial charge in [-0.3, -0.25) is 9.36 Å². The van der Waals surface area contributed by atoms with Crippen LogP contribution in [0.5, 0.6) is 0 Å². The van der Waals surface area contributed by atoms with Gasteiger partial charge in [0.05, 0.1) is 108 Å². The third-order valence-electron chi connectivity index (χ3n) is 18.7. The maximum Gasteiger partial charge on any atom is 0.269 e. The van der Waals surface area contributed by atoms with Crippen molar-refractivity contribution in [2.24, 2.45) is 14.1 Å². The molecule has 11 aromatic heterocycles. The van der Waals surface area contributed by atoms with E-state index in [-0.39, 0.29) is 56.4 Å². The second-order valence-corrected chi connectivity index (χ2v) is 29.9. The Balaban J connectivity index is 0.000000156. The average Bonchev–Trinajstić information content (AvgIpc) is 1.72. The number of aromatic amines is 1. The van der Waals surface area contributed by atoms with Gasteiger partial charge < -0.3 is 41.3 Å². The van der Waals surface area contributed by atoms with E-state index in [4.69, 9.17) is 40.8 Å². The van der Waals surface area contributed by atoms with Gasteiger partial charge in [0.2, 0.25) is 0 Å². The molecule has 0 spiro atoms. The molecular formula is C78H86ClN16O7S2W-. The van der Waals surface area contributed by atoms with Gasteiger partial charge >= 0.3 is 0 Å². The minimum absolute atomic E-state index is 0. The van der Waals surface area contributed by atoms with E-state index >= 15 is 0 Å². The van der Waals surface area contributed by atoms with E-state index in [0.29, 0.717) is 72.4 Å². The van der Waals surface area contributed by atoms with Gasteiger partial charge in [0.25, 0.3) is 20.0 Å². The Kier molecular flexibility index (Phi) is 23.7. The quantitative estimate of drug-likeness (QED) is 0.112. The molecule has 546 valence electrons. The summed E-state index contributed by atoms with van der Waals surface area (Å²) in [4.78, 5) is 38.7. The zero-order valence-corrected chi connectivity index (χ0v) is 66.3. The smallest absolute Gasteiger partial charge is 0.269 e. The number of nitrogens with zero attached hydrogens (tertiary/aromatic N) is 15. The molecule has 1 N–H and O–H groups in total. The van der Waals surface area contributed by atoms with E-state index in [1.165, 1.54) is 14.1 Å². The number of nitrogens with one attached hydrogen (secondary N) is 1. The number of morpholine rings is 3. The number of fused-ring (bicyclic) bond motifs is 3. The molecule has 3 fully saturated rings. The molecule has 0 aliphatic carbocycles. The van der Waals surface area contributed by atoms with Crippen molar-refractivity contribution in [3.05, 3.63) is 206 Å². The van der Waals surface area contributed by atoms with Crippen molar-refractivity contribution in [2.45, 2.75) is 90.2 Å². The maximum absolute atomic E-state index is 13.5. The molecule has 0 unspecified atom stereocenters. The van der Waals surface area contributed by atoms with Crippen LogP contribution in [0.1, 0.15) is 56.9 Å². The van der Waals surface area contributed by atoms with Gasteiger partial charge in [-0.1, -0.05) is 60.8 Å². The molecule has 23 nitrogen and oxygen atoms in total. The number of hydrogen-bond acceptors (Lipinski definition) is 18. The molecule has 3 atom stereocenters. The summed E-state index contributed by atoms with van der Waals surface area (Å²) in [6, 6.07) is 37.7. The summed E-state index contributed by atoms with van der Waals surface area (Å²) in [6.45, 7) is 24.6.